The Morgan fingerprint density at radius 3 is 2.85 bits per heavy atom. The average molecular weight is 346 g/mol. The molecular weight excluding hydrogens is 324 g/mol. The van der Waals surface area contributed by atoms with Crippen LogP contribution in [-0.2, 0) is 19.5 Å². The number of aryl methyl sites for hydroxylation is 1. The third-order valence-electron chi connectivity index (χ3n) is 4.88. The van der Waals surface area contributed by atoms with Crippen LogP contribution in [0.5, 0.6) is 0 Å². The molecule has 0 bridgehead atoms. The topological polar surface area (TPSA) is 54.3 Å². The number of furan rings is 1. The fourth-order valence-corrected chi connectivity index (χ4v) is 3.52. The van der Waals surface area contributed by atoms with Crippen LogP contribution in [0.1, 0.15) is 45.3 Å². The van der Waals surface area contributed by atoms with Crippen molar-refractivity contribution >= 4 is 5.91 Å². The molecule has 132 valence electrons. The third kappa shape index (κ3) is 3.70. The Kier molecular flexibility index (Phi) is 4.84. The van der Waals surface area contributed by atoms with Crippen molar-refractivity contribution in [3.8, 4) is 0 Å². The second-order valence-corrected chi connectivity index (χ2v) is 6.63. The van der Waals surface area contributed by atoms with E-state index in [-0.39, 0.29) is 5.91 Å². The average Bonchev–Trinajstić information content (AvgIpc) is 3.34. The summed E-state index contributed by atoms with van der Waals surface area (Å²) < 4.78 is 5.24. The fourth-order valence-electron chi connectivity index (χ4n) is 3.52. The molecule has 0 spiro atoms. The van der Waals surface area contributed by atoms with Crippen molar-refractivity contribution < 1.29 is 9.21 Å². The maximum absolute atomic E-state index is 12.3. The standard InChI is InChI=1S/C22H22N2O2/c25-22(24-15-19-8-4-12-26-19)18-7-3-5-16(13-18)14-23-21-11-10-17-6-1-2-9-20(17)21/h1-9,12-13,21,23H,10-11,14-15H2,(H,24,25). The van der Waals surface area contributed by atoms with Crippen LogP contribution in [0.4, 0.5) is 0 Å². The van der Waals surface area contributed by atoms with Crippen LogP contribution >= 0.6 is 0 Å². The van der Waals surface area contributed by atoms with Gasteiger partial charge in [-0.1, -0.05) is 36.4 Å². The van der Waals surface area contributed by atoms with E-state index in [4.69, 9.17) is 4.42 Å². The van der Waals surface area contributed by atoms with Crippen molar-refractivity contribution in [2.45, 2.75) is 32.0 Å². The molecule has 0 saturated carbocycles. The number of carbonyl (C=O) groups excluding carboxylic acids is 1. The van der Waals surface area contributed by atoms with Crippen LogP contribution in [0, 0.1) is 0 Å². The first-order chi connectivity index (χ1) is 12.8. The van der Waals surface area contributed by atoms with Gasteiger partial charge in [-0.15, -0.1) is 0 Å². The summed E-state index contributed by atoms with van der Waals surface area (Å²) in [5, 5.41) is 6.51. The van der Waals surface area contributed by atoms with Crippen molar-refractivity contribution in [1.82, 2.24) is 10.6 Å². The van der Waals surface area contributed by atoms with Crippen molar-refractivity contribution in [3.05, 3.63) is 94.9 Å². The van der Waals surface area contributed by atoms with Crippen LogP contribution in [0.3, 0.4) is 0 Å². The van der Waals surface area contributed by atoms with Crippen LogP contribution in [-0.4, -0.2) is 5.91 Å². The minimum Gasteiger partial charge on any atom is -0.467 e. The van der Waals surface area contributed by atoms with Gasteiger partial charge in [0.1, 0.15) is 5.76 Å². The van der Waals surface area contributed by atoms with Gasteiger partial charge in [-0.3, -0.25) is 4.79 Å². The quantitative estimate of drug-likeness (QED) is 0.710. The Bertz CT molecular complexity index is 887. The van der Waals surface area contributed by atoms with E-state index in [0.717, 1.165) is 30.7 Å². The summed E-state index contributed by atoms with van der Waals surface area (Å²) in [5.41, 5.74) is 4.62. The first-order valence-electron chi connectivity index (χ1n) is 9.00. The predicted molar refractivity (Wildman–Crippen MR) is 101 cm³/mol. The normalized spacial score (nSPS) is 15.6. The number of fused-ring (bicyclic) bond motifs is 1. The van der Waals surface area contributed by atoms with E-state index in [2.05, 4.69) is 41.0 Å². The largest absolute Gasteiger partial charge is 0.467 e. The number of nitrogens with one attached hydrogen (secondary N) is 2. The lowest BCUT2D eigenvalue weighted by Gasteiger charge is -2.14. The summed E-state index contributed by atoms with van der Waals surface area (Å²) in [5.74, 6) is 0.658. The van der Waals surface area contributed by atoms with Gasteiger partial charge in [0.25, 0.3) is 5.91 Å². The van der Waals surface area contributed by atoms with E-state index in [1.807, 2.05) is 30.3 Å². The molecule has 4 nitrogen and oxygen atoms in total. The number of rotatable bonds is 6. The molecule has 0 fully saturated rings. The van der Waals surface area contributed by atoms with Gasteiger partial charge in [0.15, 0.2) is 0 Å². The summed E-state index contributed by atoms with van der Waals surface area (Å²) in [6.45, 7) is 1.14. The number of hydrogen-bond acceptors (Lipinski definition) is 3. The Morgan fingerprint density at radius 1 is 1.04 bits per heavy atom. The fraction of sp³-hybridized carbons (Fsp3) is 0.227. The molecule has 4 rings (SSSR count). The number of amides is 1. The molecule has 0 radical (unpaired) electrons. The molecule has 1 aliphatic carbocycles. The summed E-state index contributed by atoms with van der Waals surface area (Å²) in [6, 6.07) is 20.4. The molecule has 26 heavy (non-hydrogen) atoms. The zero-order chi connectivity index (χ0) is 17.8. The summed E-state index contributed by atoms with van der Waals surface area (Å²) in [6.07, 6.45) is 3.86. The first-order valence-corrected chi connectivity index (χ1v) is 9.00. The molecule has 0 aliphatic heterocycles. The van der Waals surface area contributed by atoms with Gasteiger partial charge < -0.3 is 15.1 Å². The van der Waals surface area contributed by atoms with Crippen molar-refractivity contribution in [1.29, 1.82) is 0 Å². The lowest BCUT2D eigenvalue weighted by atomic mass is 10.1. The van der Waals surface area contributed by atoms with Crippen LogP contribution < -0.4 is 10.6 Å². The highest BCUT2D eigenvalue weighted by Crippen LogP contribution is 2.30. The van der Waals surface area contributed by atoms with Gasteiger partial charge in [0.05, 0.1) is 12.8 Å². The molecule has 1 atom stereocenters. The van der Waals surface area contributed by atoms with E-state index >= 15 is 0 Å². The molecule has 1 amide bonds. The van der Waals surface area contributed by atoms with Gasteiger partial charge in [0, 0.05) is 18.2 Å². The van der Waals surface area contributed by atoms with Gasteiger partial charge in [0.2, 0.25) is 0 Å². The smallest absolute Gasteiger partial charge is 0.251 e. The van der Waals surface area contributed by atoms with E-state index in [1.165, 1.54) is 11.1 Å². The molecule has 1 aromatic heterocycles. The molecule has 0 saturated heterocycles. The monoisotopic (exact) mass is 346 g/mol. The molecule has 3 aromatic rings. The first kappa shape index (κ1) is 16.6. The Morgan fingerprint density at radius 2 is 1.96 bits per heavy atom. The minimum absolute atomic E-state index is 0.0885. The van der Waals surface area contributed by atoms with Crippen molar-refractivity contribution in [2.24, 2.45) is 0 Å². The Balaban J connectivity index is 1.36. The SMILES string of the molecule is O=C(NCc1ccco1)c1cccc(CNC2CCc3ccccc32)c1. The number of hydrogen-bond donors (Lipinski definition) is 2. The van der Waals surface area contributed by atoms with Crippen LogP contribution in [0.25, 0.3) is 0 Å². The molecule has 1 aliphatic rings. The van der Waals surface area contributed by atoms with Gasteiger partial charge in [-0.2, -0.15) is 0 Å². The summed E-state index contributed by atoms with van der Waals surface area (Å²) >= 11 is 0. The number of carbonyl (C=O) groups is 1. The third-order valence-corrected chi connectivity index (χ3v) is 4.88. The second kappa shape index (κ2) is 7.58. The molecule has 2 aromatic carbocycles. The highest BCUT2D eigenvalue weighted by Gasteiger charge is 2.21. The second-order valence-electron chi connectivity index (χ2n) is 6.63. The Labute approximate surface area is 153 Å². The summed E-state index contributed by atoms with van der Waals surface area (Å²) in [7, 11) is 0. The Hall–Kier alpha value is -2.85. The highest BCUT2D eigenvalue weighted by atomic mass is 16.3. The minimum atomic E-state index is -0.0885. The number of benzene rings is 2. The van der Waals surface area contributed by atoms with E-state index < -0.39 is 0 Å². The van der Waals surface area contributed by atoms with Crippen LogP contribution in [0.2, 0.25) is 0 Å². The van der Waals surface area contributed by atoms with E-state index in [1.54, 1.807) is 6.26 Å². The van der Waals surface area contributed by atoms with Gasteiger partial charge >= 0.3 is 0 Å². The zero-order valence-corrected chi connectivity index (χ0v) is 14.6. The van der Waals surface area contributed by atoms with Crippen LogP contribution in [0.15, 0.2) is 71.3 Å². The summed E-state index contributed by atoms with van der Waals surface area (Å²) in [4.78, 5) is 12.3. The molecular formula is C22H22N2O2. The van der Waals surface area contributed by atoms with E-state index in [9.17, 15) is 4.79 Å². The molecule has 1 unspecified atom stereocenters. The van der Waals surface area contributed by atoms with Gasteiger partial charge in [-0.25, -0.2) is 0 Å². The van der Waals surface area contributed by atoms with Crippen molar-refractivity contribution in [2.75, 3.05) is 0 Å². The highest BCUT2D eigenvalue weighted by molar-refractivity contribution is 5.94. The van der Waals surface area contributed by atoms with Gasteiger partial charge in [-0.05, 0) is 53.8 Å². The molecule has 1 heterocycles. The van der Waals surface area contributed by atoms with E-state index in [0.29, 0.717) is 18.2 Å². The maximum Gasteiger partial charge on any atom is 0.251 e. The molecule has 4 heteroatoms. The predicted octanol–water partition coefficient (Wildman–Crippen LogP) is 3.99. The lowest BCUT2D eigenvalue weighted by molar-refractivity contribution is 0.0948. The zero-order valence-electron chi connectivity index (χ0n) is 14.6. The molecule has 2 N–H and O–H groups in total. The maximum atomic E-state index is 12.3. The lowest BCUT2D eigenvalue weighted by Crippen LogP contribution is -2.23. The van der Waals surface area contributed by atoms with Crippen molar-refractivity contribution in [3.63, 3.8) is 0 Å².